The summed E-state index contributed by atoms with van der Waals surface area (Å²) >= 11 is 12.3. The van der Waals surface area contributed by atoms with E-state index in [1.165, 1.54) is 12.1 Å². The maximum atomic E-state index is 13.0. The highest BCUT2D eigenvalue weighted by Gasteiger charge is 2.25. The van der Waals surface area contributed by atoms with Crippen LogP contribution in [0.3, 0.4) is 0 Å². The maximum Gasteiger partial charge on any atom is 0.345 e. The van der Waals surface area contributed by atoms with Crippen LogP contribution in [-0.4, -0.2) is 24.7 Å². The topological polar surface area (TPSA) is 92.9 Å². The van der Waals surface area contributed by atoms with Crippen molar-refractivity contribution in [3.8, 4) is 0 Å². The lowest BCUT2D eigenvalue weighted by Crippen LogP contribution is -2.17. The normalized spacial score (nSPS) is 10.8. The van der Waals surface area contributed by atoms with Gasteiger partial charge in [0.15, 0.2) is 5.76 Å². The number of esters is 1. The van der Waals surface area contributed by atoms with Gasteiger partial charge in [-0.15, -0.1) is 0 Å². The number of anilines is 2. The molecule has 2 aromatic carbocycles. The Labute approximate surface area is 186 Å². The molecule has 10 heteroatoms. The predicted molar refractivity (Wildman–Crippen MR) is 116 cm³/mol. The molecule has 1 aromatic heterocycles. The Kier molecular flexibility index (Phi) is 7.28. The zero-order chi connectivity index (χ0) is 22.4. The number of benzene rings is 2. The predicted octanol–water partition coefficient (Wildman–Crippen LogP) is 5.41. The standard InChI is InChI=1S/C21H16Cl2FN3O4/c1-2-30-21(29)17-18(23)16(31-20(17)26-15-5-3-4-13(22)10-15)11-25-27-19(28)12-6-8-14(24)9-7-12/h3-11,26H,2H2,1H3,(H,27,28)/b25-11-. The molecule has 0 saturated carbocycles. The number of rotatable bonds is 7. The molecule has 3 rings (SSSR count). The van der Waals surface area contributed by atoms with Gasteiger partial charge in [-0.3, -0.25) is 4.79 Å². The van der Waals surface area contributed by atoms with Gasteiger partial charge in [0.1, 0.15) is 16.4 Å². The quantitative estimate of drug-likeness (QED) is 0.277. The number of nitrogens with zero attached hydrogens (tertiary/aromatic N) is 1. The number of hydrazone groups is 1. The molecule has 31 heavy (non-hydrogen) atoms. The number of furan rings is 1. The highest BCUT2D eigenvalue weighted by Crippen LogP contribution is 2.34. The van der Waals surface area contributed by atoms with Crippen LogP contribution in [0.25, 0.3) is 0 Å². The van der Waals surface area contributed by atoms with Crippen molar-refractivity contribution >= 4 is 52.9 Å². The zero-order valence-corrected chi connectivity index (χ0v) is 17.6. The molecule has 0 aliphatic heterocycles. The van der Waals surface area contributed by atoms with E-state index in [1.807, 2.05) is 0 Å². The second-order valence-electron chi connectivity index (χ2n) is 6.05. The van der Waals surface area contributed by atoms with Crippen LogP contribution >= 0.6 is 23.2 Å². The second kappa shape index (κ2) is 10.1. The Morgan fingerprint density at radius 3 is 2.61 bits per heavy atom. The molecule has 0 unspecified atom stereocenters. The van der Waals surface area contributed by atoms with Crippen molar-refractivity contribution in [2.24, 2.45) is 5.10 Å². The molecular formula is C21H16Cl2FN3O4. The summed E-state index contributed by atoms with van der Waals surface area (Å²) in [5.41, 5.74) is 3.00. The number of amides is 1. The van der Waals surface area contributed by atoms with E-state index in [0.29, 0.717) is 10.7 Å². The maximum absolute atomic E-state index is 13.0. The van der Waals surface area contributed by atoms with Gasteiger partial charge in [0.2, 0.25) is 5.88 Å². The third kappa shape index (κ3) is 5.62. The Morgan fingerprint density at radius 1 is 1.19 bits per heavy atom. The van der Waals surface area contributed by atoms with Crippen molar-refractivity contribution in [3.63, 3.8) is 0 Å². The largest absolute Gasteiger partial charge is 0.462 e. The fourth-order valence-electron chi connectivity index (χ4n) is 2.50. The van der Waals surface area contributed by atoms with Gasteiger partial charge in [0.25, 0.3) is 5.91 Å². The van der Waals surface area contributed by atoms with E-state index in [4.69, 9.17) is 32.4 Å². The van der Waals surface area contributed by atoms with Gasteiger partial charge in [-0.05, 0) is 49.4 Å². The number of carbonyl (C=O) groups is 2. The molecule has 7 nitrogen and oxygen atoms in total. The first-order valence-corrected chi connectivity index (χ1v) is 9.75. The summed E-state index contributed by atoms with van der Waals surface area (Å²) in [5, 5.41) is 7.13. The third-order valence-electron chi connectivity index (χ3n) is 3.89. The van der Waals surface area contributed by atoms with Crippen LogP contribution in [0.1, 0.15) is 33.4 Å². The summed E-state index contributed by atoms with van der Waals surface area (Å²) in [4.78, 5) is 24.4. The van der Waals surface area contributed by atoms with Crippen molar-refractivity contribution in [2.75, 3.05) is 11.9 Å². The summed E-state index contributed by atoms with van der Waals surface area (Å²) in [7, 11) is 0. The Hall–Kier alpha value is -3.36. The molecule has 160 valence electrons. The molecule has 0 fully saturated rings. The average Bonchev–Trinajstić information content (AvgIpc) is 3.03. The van der Waals surface area contributed by atoms with Gasteiger partial charge < -0.3 is 14.5 Å². The van der Waals surface area contributed by atoms with E-state index in [-0.39, 0.29) is 34.4 Å². The second-order valence-corrected chi connectivity index (χ2v) is 6.86. The van der Waals surface area contributed by atoms with Crippen molar-refractivity contribution in [2.45, 2.75) is 6.92 Å². The van der Waals surface area contributed by atoms with Crippen LogP contribution in [-0.2, 0) is 4.74 Å². The van der Waals surface area contributed by atoms with E-state index >= 15 is 0 Å². The van der Waals surface area contributed by atoms with Gasteiger partial charge in [0.05, 0.1) is 12.8 Å². The van der Waals surface area contributed by atoms with Gasteiger partial charge in [-0.1, -0.05) is 29.3 Å². The number of halogens is 3. The summed E-state index contributed by atoms with van der Waals surface area (Å²) in [6.45, 7) is 1.79. The minimum absolute atomic E-state index is 0.00801. The van der Waals surface area contributed by atoms with E-state index in [2.05, 4.69) is 15.8 Å². The third-order valence-corrected chi connectivity index (χ3v) is 4.50. The van der Waals surface area contributed by atoms with Crippen LogP contribution in [0, 0.1) is 5.82 Å². The molecule has 0 aliphatic rings. The fraction of sp³-hybridized carbons (Fsp3) is 0.0952. The minimum atomic E-state index is -0.698. The number of hydrogen-bond acceptors (Lipinski definition) is 6. The lowest BCUT2D eigenvalue weighted by atomic mass is 10.2. The van der Waals surface area contributed by atoms with Crippen LogP contribution in [0.4, 0.5) is 16.0 Å². The molecule has 0 radical (unpaired) electrons. The van der Waals surface area contributed by atoms with Crippen LogP contribution < -0.4 is 10.7 Å². The first-order valence-electron chi connectivity index (χ1n) is 9.00. The molecule has 0 aliphatic carbocycles. The van der Waals surface area contributed by atoms with Crippen molar-refractivity contribution in [1.82, 2.24) is 5.43 Å². The molecule has 2 N–H and O–H groups in total. The molecule has 1 heterocycles. The Balaban J connectivity index is 1.84. The molecule has 0 atom stereocenters. The highest BCUT2D eigenvalue weighted by atomic mass is 35.5. The molecule has 0 spiro atoms. The first kappa shape index (κ1) is 22.3. The van der Waals surface area contributed by atoms with Gasteiger partial charge in [-0.25, -0.2) is 14.6 Å². The summed E-state index contributed by atoms with van der Waals surface area (Å²) in [6, 6.07) is 11.7. The monoisotopic (exact) mass is 463 g/mol. The summed E-state index contributed by atoms with van der Waals surface area (Å²) in [5.74, 6) is -1.70. The van der Waals surface area contributed by atoms with Crippen LogP contribution in [0.2, 0.25) is 10.0 Å². The van der Waals surface area contributed by atoms with Crippen molar-refractivity contribution in [3.05, 3.63) is 81.3 Å². The van der Waals surface area contributed by atoms with E-state index in [0.717, 1.165) is 18.3 Å². The van der Waals surface area contributed by atoms with E-state index in [9.17, 15) is 14.0 Å². The summed E-state index contributed by atoms with van der Waals surface area (Å²) < 4.78 is 23.6. The van der Waals surface area contributed by atoms with Gasteiger partial charge in [-0.2, -0.15) is 5.10 Å². The van der Waals surface area contributed by atoms with E-state index in [1.54, 1.807) is 31.2 Å². The van der Waals surface area contributed by atoms with Gasteiger partial charge >= 0.3 is 5.97 Å². The molecular weight excluding hydrogens is 448 g/mol. The van der Waals surface area contributed by atoms with Crippen LogP contribution in [0.5, 0.6) is 0 Å². The Morgan fingerprint density at radius 2 is 1.94 bits per heavy atom. The number of hydrogen-bond donors (Lipinski definition) is 2. The molecule has 3 aromatic rings. The van der Waals surface area contributed by atoms with Crippen LogP contribution in [0.15, 0.2) is 58.0 Å². The zero-order valence-electron chi connectivity index (χ0n) is 16.1. The molecule has 0 saturated heterocycles. The van der Waals surface area contributed by atoms with Crippen molar-refractivity contribution in [1.29, 1.82) is 0 Å². The molecule has 0 bridgehead atoms. The average molecular weight is 464 g/mol. The van der Waals surface area contributed by atoms with E-state index < -0.39 is 17.7 Å². The number of nitrogens with one attached hydrogen (secondary N) is 2. The molecule has 1 amide bonds. The lowest BCUT2D eigenvalue weighted by molar-refractivity contribution is 0.0527. The van der Waals surface area contributed by atoms with Crippen molar-refractivity contribution < 1.29 is 23.1 Å². The fourth-order valence-corrected chi connectivity index (χ4v) is 2.94. The van der Waals surface area contributed by atoms with Gasteiger partial charge in [0, 0.05) is 16.3 Å². The highest BCUT2D eigenvalue weighted by molar-refractivity contribution is 6.36. The number of ether oxygens (including phenoxy) is 1. The first-order chi connectivity index (χ1) is 14.9. The smallest absolute Gasteiger partial charge is 0.345 e. The minimum Gasteiger partial charge on any atom is -0.462 e. The Bertz CT molecular complexity index is 1130. The summed E-state index contributed by atoms with van der Waals surface area (Å²) in [6.07, 6.45) is 1.13. The SMILES string of the molecule is CCOC(=O)c1c(Nc2cccc(Cl)c2)oc(/C=N\NC(=O)c2ccc(F)cc2)c1Cl. The number of carbonyl (C=O) groups excluding carboxylic acids is 2. The lowest BCUT2D eigenvalue weighted by Gasteiger charge is -2.06.